The summed E-state index contributed by atoms with van der Waals surface area (Å²) in [6.45, 7) is 2.47. The van der Waals surface area contributed by atoms with Crippen LogP contribution in [0.5, 0.6) is 5.75 Å². The van der Waals surface area contributed by atoms with Crippen LogP contribution in [0.25, 0.3) is 10.9 Å². The van der Waals surface area contributed by atoms with Gasteiger partial charge in [0.1, 0.15) is 5.75 Å². The number of aryl methyl sites for hydroxylation is 1. The molecule has 142 valence electrons. The number of aromatic hydroxyl groups is 1. The molecule has 0 radical (unpaired) electrons. The molecule has 0 aliphatic heterocycles. The Hall–Kier alpha value is -2.83. The van der Waals surface area contributed by atoms with Gasteiger partial charge in [0.25, 0.3) is 5.91 Å². The lowest BCUT2D eigenvalue weighted by molar-refractivity contribution is 0.0953. The van der Waals surface area contributed by atoms with Gasteiger partial charge in [0.2, 0.25) is 0 Å². The van der Waals surface area contributed by atoms with E-state index in [1.807, 2.05) is 37.4 Å². The summed E-state index contributed by atoms with van der Waals surface area (Å²) in [5.74, 6) is 0.192. The highest BCUT2D eigenvalue weighted by Crippen LogP contribution is 2.22. The number of aromatic nitrogens is 1. The molecule has 3 aromatic rings. The quantitative estimate of drug-likeness (QED) is 0.460. The third kappa shape index (κ3) is 4.67. The highest BCUT2D eigenvalue weighted by molar-refractivity contribution is 5.98. The monoisotopic (exact) mass is 366 g/mol. The lowest BCUT2D eigenvalue weighted by Gasteiger charge is -2.07. The maximum Gasteiger partial charge on any atom is 0.251 e. The zero-order valence-corrected chi connectivity index (χ0v) is 15.5. The van der Waals surface area contributed by atoms with E-state index in [1.54, 1.807) is 12.1 Å². The van der Waals surface area contributed by atoms with E-state index in [9.17, 15) is 9.90 Å². The van der Waals surface area contributed by atoms with Crippen molar-refractivity contribution in [3.05, 3.63) is 65.4 Å². The van der Waals surface area contributed by atoms with Crippen molar-refractivity contribution in [3.8, 4) is 5.75 Å². The van der Waals surface area contributed by atoms with Crippen LogP contribution in [-0.4, -0.2) is 28.7 Å². The lowest BCUT2D eigenvalue weighted by Crippen LogP contribution is -2.25. The minimum atomic E-state index is -0.0760. The third-order valence-electron chi connectivity index (χ3n) is 4.56. The molecule has 1 amide bonds. The van der Waals surface area contributed by atoms with Gasteiger partial charge in [-0.2, -0.15) is 0 Å². The highest BCUT2D eigenvalue weighted by atomic mass is 16.3. The summed E-state index contributed by atoms with van der Waals surface area (Å²) in [5, 5.41) is 16.9. The molecule has 5 N–H and O–H groups in total. The topological polar surface area (TPSA) is 92.3 Å². The summed E-state index contributed by atoms with van der Waals surface area (Å²) in [5.41, 5.74) is 9.36. The number of carbonyl (C=O) groups excluding carboxylic acids is 1. The van der Waals surface area contributed by atoms with Crippen molar-refractivity contribution < 1.29 is 9.90 Å². The molecule has 1 heterocycles. The van der Waals surface area contributed by atoms with Crippen LogP contribution in [0.3, 0.4) is 0 Å². The number of nitrogens with one attached hydrogen (secondary N) is 2. The van der Waals surface area contributed by atoms with Crippen molar-refractivity contribution in [2.24, 2.45) is 12.8 Å². The molecule has 27 heavy (non-hydrogen) atoms. The molecule has 0 unspecified atom stereocenters. The van der Waals surface area contributed by atoms with Crippen LogP contribution in [0, 0.1) is 0 Å². The van der Waals surface area contributed by atoms with E-state index in [2.05, 4.69) is 21.4 Å². The van der Waals surface area contributed by atoms with E-state index in [4.69, 9.17) is 5.73 Å². The van der Waals surface area contributed by atoms with Gasteiger partial charge in [0, 0.05) is 49.3 Å². The first-order valence-electron chi connectivity index (χ1n) is 9.13. The Bertz CT molecular complexity index is 933. The van der Waals surface area contributed by atoms with Crippen molar-refractivity contribution in [2.75, 3.05) is 13.1 Å². The predicted octanol–water partition coefficient (Wildman–Crippen LogP) is 2.25. The number of fused-ring (bicyclic) bond motifs is 1. The minimum Gasteiger partial charge on any atom is -0.508 e. The van der Waals surface area contributed by atoms with Gasteiger partial charge in [-0.1, -0.05) is 12.1 Å². The van der Waals surface area contributed by atoms with E-state index in [1.165, 1.54) is 0 Å². The highest BCUT2D eigenvalue weighted by Gasteiger charge is 2.11. The average Bonchev–Trinajstić information content (AvgIpc) is 2.97. The zero-order valence-electron chi connectivity index (χ0n) is 15.5. The van der Waals surface area contributed by atoms with E-state index < -0.39 is 0 Å². The van der Waals surface area contributed by atoms with Gasteiger partial charge in [-0.25, -0.2) is 0 Å². The SMILES string of the molecule is Cn1cc(CNCc2cccc(O)c2)c2cc(C(=O)NCCCN)ccc21. The van der Waals surface area contributed by atoms with E-state index in [0.717, 1.165) is 28.5 Å². The summed E-state index contributed by atoms with van der Waals surface area (Å²) in [6.07, 6.45) is 2.85. The molecule has 0 bridgehead atoms. The molecule has 0 aliphatic carbocycles. The minimum absolute atomic E-state index is 0.0760. The second-order valence-corrected chi connectivity index (χ2v) is 6.67. The first-order valence-corrected chi connectivity index (χ1v) is 9.13. The van der Waals surface area contributed by atoms with E-state index >= 15 is 0 Å². The average molecular weight is 366 g/mol. The number of hydrogen-bond acceptors (Lipinski definition) is 4. The Morgan fingerprint density at radius 2 is 2.04 bits per heavy atom. The molecule has 0 saturated heterocycles. The first-order chi connectivity index (χ1) is 13.1. The first kappa shape index (κ1) is 18.9. The second kappa shape index (κ2) is 8.70. The van der Waals surface area contributed by atoms with Crippen molar-refractivity contribution in [1.82, 2.24) is 15.2 Å². The van der Waals surface area contributed by atoms with Gasteiger partial charge in [-0.3, -0.25) is 4.79 Å². The Morgan fingerprint density at radius 3 is 2.81 bits per heavy atom. The molecule has 6 nitrogen and oxygen atoms in total. The van der Waals surface area contributed by atoms with Crippen LogP contribution in [0.15, 0.2) is 48.7 Å². The number of nitrogens with zero attached hydrogens (tertiary/aromatic N) is 1. The number of rotatable bonds is 8. The summed E-state index contributed by atoms with van der Waals surface area (Å²) in [7, 11) is 2.00. The number of nitrogens with two attached hydrogens (primary N) is 1. The number of benzene rings is 2. The Labute approximate surface area is 159 Å². The molecule has 2 aromatic carbocycles. The number of hydrogen-bond donors (Lipinski definition) is 4. The molecular formula is C21H26N4O2. The fourth-order valence-corrected chi connectivity index (χ4v) is 3.17. The van der Waals surface area contributed by atoms with Gasteiger partial charge < -0.3 is 26.0 Å². The summed E-state index contributed by atoms with van der Waals surface area (Å²) in [6, 6.07) is 13.0. The van der Waals surface area contributed by atoms with E-state index in [0.29, 0.717) is 31.7 Å². The van der Waals surface area contributed by atoms with Gasteiger partial charge in [-0.15, -0.1) is 0 Å². The molecule has 0 atom stereocenters. The number of carbonyl (C=O) groups is 1. The van der Waals surface area contributed by atoms with E-state index in [-0.39, 0.29) is 11.7 Å². The van der Waals surface area contributed by atoms with Crippen molar-refractivity contribution in [3.63, 3.8) is 0 Å². The van der Waals surface area contributed by atoms with Crippen LogP contribution in [0.1, 0.15) is 27.9 Å². The van der Waals surface area contributed by atoms with Crippen LogP contribution in [-0.2, 0) is 20.1 Å². The third-order valence-corrected chi connectivity index (χ3v) is 4.56. The Kier molecular flexibility index (Phi) is 6.11. The lowest BCUT2D eigenvalue weighted by atomic mass is 10.1. The van der Waals surface area contributed by atoms with Crippen molar-refractivity contribution in [1.29, 1.82) is 0 Å². The van der Waals surface area contributed by atoms with Crippen LogP contribution in [0.2, 0.25) is 0 Å². The molecule has 0 spiro atoms. The van der Waals surface area contributed by atoms with Crippen molar-refractivity contribution in [2.45, 2.75) is 19.5 Å². The van der Waals surface area contributed by atoms with Gasteiger partial charge in [-0.05, 0) is 54.4 Å². The molecule has 0 fully saturated rings. The Balaban J connectivity index is 1.72. The van der Waals surface area contributed by atoms with Crippen LogP contribution in [0.4, 0.5) is 0 Å². The normalized spacial score (nSPS) is 11.0. The molecule has 1 aromatic heterocycles. The summed E-state index contributed by atoms with van der Waals surface area (Å²) in [4.78, 5) is 12.3. The standard InChI is InChI=1S/C21H26N4O2/c1-25-14-17(13-23-12-15-4-2-5-18(26)10-15)19-11-16(6-7-20(19)25)21(27)24-9-3-8-22/h2,4-7,10-11,14,23,26H,3,8-9,12-13,22H2,1H3,(H,24,27). The molecule has 0 saturated carbocycles. The van der Waals surface area contributed by atoms with Gasteiger partial charge in [0.05, 0.1) is 0 Å². The summed E-state index contributed by atoms with van der Waals surface area (Å²) < 4.78 is 2.07. The Morgan fingerprint density at radius 1 is 1.19 bits per heavy atom. The number of phenolic OH excluding ortho intramolecular Hbond substituents is 1. The molecule has 3 rings (SSSR count). The number of phenols is 1. The fourth-order valence-electron chi connectivity index (χ4n) is 3.17. The molecule has 6 heteroatoms. The maximum atomic E-state index is 12.3. The van der Waals surface area contributed by atoms with Crippen LogP contribution < -0.4 is 16.4 Å². The molecule has 0 aliphatic rings. The second-order valence-electron chi connectivity index (χ2n) is 6.67. The largest absolute Gasteiger partial charge is 0.508 e. The molecular weight excluding hydrogens is 340 g/mol. The summed E-state index contributed by atoms with van der Waals surface area (Å²) >= 11 is 0. The van der Waals surface area contributed by atoms with Gasteiger partial charge >= 0.3 is 0 Å². The zero-order chi connectivity index (χ0) is 19.2. The van der Waals surface area contributed by atoms with Gasteiger partial charge in [0.15, 0.2) is 0 Å². The number of amides is 1. The van der Waals surface area contributed by atoms with Crippen LogP contribution >= 0.6 is 0 Å². The smallest absolute Gasteiger partial charge is 0.251 e. The predicted molar refractivity (Wildman–Crippen MR) is 108 cm³/mol. The fraction of sp³-hybridized carbons (Fsp3) is 0.286. The van der Waals surface area contributed by atoms with Crippen molar-refractivity contribution >= 4 is 16.8 Å². The maximum absolute atomic E-state index is 12.3.